The molecular formula is C11H18N2O2S. The Bertz CT molecular complexity index is 338. The number of hydrogen-bond donors (Lipinski definition) is 0. The van der Waals surface area contributed by atoms with E-state index in [1.54, 1.807) is 6.20 Å². The second-order valence-electron chi connectivity index (χ2n) is 3.44. The van der Waals surface area contributed by atoms with Crippen LogP contribution in [-0.4, -0.2) is 27.9 Å². The summed E-state index contributed by atoms with van der Waals surface area (Å²) in [5.74, 6) is -0.182. The molecule has 1 aromatic heterocycles. The second kappa shape index (κ2) is 6.58. The highest BCUT2D eigenvalue weighted by Gasteiger charge is 2.20. The van der Waals surface area contributed by atoms with Crippen LogP contribution in [-0.2, 0) is 16.1 Å². The van der Waals surface area contributed by atoms with Gasteiger partial charge in [-0.05, 0) is 12.8 Å². The Labute approximate surface area is 100 Å². The molecule has 0 aliphatic carbocycles. The second-order valence-corrected chi connectivity index (χ2v) is 4.61. The minimum Gasteiger partial charge on any atom is -0.468 e. The van der Waals surface area contributed by atoms with Gasteiger partial charge in [0, 0.05) is 18.9 Å². The van der Waals surface area contributed by atoms with E-state index in [1.165, 1.54) is 18.9 Å². The Hall–Kier alpha value is -0.970. The molecule has 0 bridgehead atoms. The molecule has 0 aromatic carbocycles. The summed E-state index contributed by atoms with van der Waals surface area (Å²) < 4.78 is 6.82. The van der Waals surface area contributed by atoms with Crippen LogP contribution in [0.5, 0.6) is 0 Å². The Morgan fingerprint density at radius 1 is 1.62 bits per heavy atom. The van der Waals surface area contributed by atoms with E-state index < -0.39 is 0 Å². The lowest BCUT2D eigenvalue weighted by atomic mass is 10.3. The maximum Gasteiger partial charge on any atom is 0.319 e. The van der Waals surface area contributed by atoms with Gasteiger partial charge in [-0.1, -0.05) is 25.6 Å². The van der Waals surface area contributed by atoms with Crippen LogP contribution < -0.4 is 0 Å². The average Bonchev–Trinajstić information content (AvgIpc) is 2.73. The first-order chi connectivity index (χ1) is 7.72. The van der Waals surface area contributed by atoms with Gasteiger partial charge in [0.15, 0.2) is 5.16 Å². The summed E-state index contributed by atoms with van der Waals surface area (Å²) in [4.78, 5) is 15.7. The van der Waals surface area contributed by atoms with Crippen LogP contribution >= 0.6 is 11.8 Å². The third-order valence-corrected chi connectivity index (χ3v) is 3.59. The van der Waals surface area contributed by atoms with Crippen LogP contribution in [0, 0.1) is 0 Å². The van der Waals surface area contributed by atoms with Crippen LogP contribution in [0.2, 0.25) is 0 Å². The van der Waals surface area contributed by atoms with Gasteiger partial charge in [-0.3, -0.25) is 4.79 Å². The van der Waals surface area contributed by atoms with Crippen LogP contribution in [0.25, 0.3) is 0 Å². The van der Waals surface area contributed by atoms with Crippen molar-refractivity contribution in [2.75, 3.05) is 7.11 Å². The summed E-state index contributed by atoms with van der Waals surface area (Å²) in [7, 11) is 1.42. The number of ether oxygens (including phenoxy) is 1. The van der Waals surface area contributed by atoms with Crippen molar-refractivity contribution in [3.8, 4) is 0 Å². The predicted molar refractivity (Wildman–Crippen MR) is 64.5 cm³/mol. The maximum absolute atomic E-state index is 11.5. The van der Waals surface area contributed by atoms with Crippen LogP contribution in [0.3, 0.4) is 0 Å². The first-order valence-electron chi connectivity index (χ1n) is 5.48. The minimum absolute atomic E-state index is 0.164. The molecule has 1 rings (SSSR count). The molecule has 0 spiro atoms. The fourth-order valence-corrected chi connectivity index (χ4v) is 2.40. The normalized spacial score (nSPS) is 12.4. The average molecular weight is 242 g/mol. The third-order valence-electron chi connectivity index (χ3n) is 2.22. The molecule has 0 saturated heterocycles. The summed E-state index contributed by atoms with van der Waals surface area (Å²) in [6.45, 7) is 5.02. The molecule has 0 amide bonds. The Kier molecular flexibility index (Phi) is 5.38. The van der Waals surface area contributed by atoms with E-state index >= 15 is 0 Å². The highest BCUT2D eigenvalue weighted by Crippen LogP contribution is 2.24. The van der Waals surface area contributed by atoms with E-state index in [1.807, 2.05) is 13.1 Å². The maximum atomic E-state index is 11.5. The molecular weight excluding hydrogens is 224 g/mol. The molecule has 1 heterocycles. The zero-order valence-electron chi connectivity index (χ0n) is 9.97. The zero-order chi connectivity index (χ0) is 12.0. The van der Waals surface area contributed by atoms with Gasteiger partial charge in [-0.15, -0.1) is 0 Å². The quantitative estimate of drug-likeness (QED) is 0.567. The van der Waals surface area contributed by atoms with Crippen molar-refractivity contribution < 1.29 is 9.53 Å². The number of esters is 1. The molecule has 16 heavy (non-hydrogen) atoms. The number of thioether (sulfide) groups is 1. The van der Waals surface area contributed by atoms with Crippen molar-refractivity contribution in [1.82, 2.24) is 9.55 Å². The molecule has 0 N–H and O–H groups in total. The molecule has 0 saturated carbocycles. The molecule has 90 valence electrons. The Morgan fingerprint density at radius 2 is 2.38 bits per heavy atom. The van der Waals surface area contributed by atoms with E-state index in [0.29, 0.717) is 0 Å². The predicted octanol–water partition coefficient (Wildman–Crippen LogP) is 2.34. The van der Waals surface area contributed by atoms with E-state index in [-0.39, 0.29) is 11.2 Å². The van der Waals surface area contributed by atoms with Crippen molar-refractivity contribution in [2.24, 2.45) is 0 Å². The monoisotopic (exact) mass is 242 g/mol. The number of hydrogen-bond acceptors (Lipinski definition) is 4. The lowest BCUT2D eigenvalue weighted by molar-refractivity contribution is -0.140. The zero-order valence-corrected chi connectivity index (χ0v) is 10.8. The highest BCUT2D eigenvalue weighted by atomic mass is 32.2. The Balaban J connectivity index is 2.69. The van der Waals surface area contributed by atoms with E-state index in [4.69, 9.17) is 4.74 Å². The lowest BCUT2D eigenvalue weighted by Crippen LogP contribution is -2.18. The van der Waals surface area contributed by atoms with Gasteiger partial charge in [0.05, 0.1) is 7.11 Å². The van der Waals surface area contributed by atoms with Gasteiger partial charge in [-0.2, -0.15) is 0 Å². The van der Waals surface area contributed by atoms with Crippen LogP contribution in [0.15, 0.2) is 17.6 Å². The standard InChI is InChI=1S/C11H18N2O2S/c1-4-7-13-8-6-12-11(13)16-9(5-2)10(14)15-3/h6,8-9H,4-5,7H2,1-3H3/t9-/m0/s1. The number of methoxy groups -OCH3 is 1. The first kappa shape index (κ1) is 13.1. The third kappa shape index (κ3) is 3.27. The van der Waals surface area contributed by atoms with Gasteiger partial charge >= 0.3 is 5.97 Å². The molecule has 0 aliphatic rings. The van der Waals surface area contributed by atoms with E-state index in [0.717, 1.165) is 24.5 Å². The summed E-state index contributed by atoms with van der Waals surface area (Å²) in [5, 5.41) is 0.724. The molecule has 0 fully saturated rings. The molecule has 4 nitrogen and oxygen atoms in total. The van der Waals surface area contributed by atoms with Crippen LogP contribution in [0.4, 0.5) is 0 Å². The summed E-state index contributed by atoms with van der Waals surface area (Å²) in [6.07, 6.45) is 5.51. The van der Waals surface area contributed by atoms with Crippen molar-refractivity contribution in [3.63, 3.8) is 0 Å². The number of aryl methyl sites for hydroxylation is 1. The molecule has 1 atom stereocenters. The van der Waals surface area contributed by atoms with Gasteiger partial charge in [0.25, 0.3) is 0 Å². The number of imidazole rings is 1. The summed E-state index contributed by atoms with van der Waals surface area (Å²) >= 11 is 1.47. The molecule has 5 heteroatoms. The first-order valence-corrected chi connectivity index (χ1v) is 6.36. The fourth-order valence-electron chi connectivity index (χ4n) is 1.38. The molecule has 0 aliphatic heterocycles. The largest absolute Gasteiger partial charge is 0.468 e. The SMILES string of the molecule is CCCn1ccnc1S[C@@H](CC)C(=O)OC. The molecule has 0 radical (unpaired) electrons. The summed E-state index contributed by atoms with van der Waals surface area (Å²) in [5.41, 5.74) is 0. The number of carbonyl (C=O) groups is 1. The number of rotatable bonds is 6. The molecule has 0 unspecified atom stereocenters. The van der Waals surface area contributed by atoms with Crippen molar-refractivity contribution >= 4 is 17.7 Å². The van der Waals surface area contributed by atoms with E-state index in [2.05, 4.69) is 16.5 Å². The molecule has 1 aromatic rings. The smallest absolute Gasteiger partial charge is 0.319 e. The van der Waals surface area contributed by atoms with Gasteiger partial charge in [-0.25, -0.2) is 4.98 Å². The highest BCUT2D eigenvalue weighted by molar-refractivity contribution is 8.00. The van der Waals surface area contributed by atoms with E-state index in [9.17, 15) is 4.79 Å². The topological polar surface area (TPSA) is 44.1 Å². The van der Waals surface area contributed by atoms with Gasteiger partial charge in [0.2, 0.25) is 0 Å². The van der Waals surface area contributed by atoms with Crippen molar-refractivity contribution in [1.29, 1.82) is 0 Å². The van der Waals surface area contributed by atoms with Crippen molar-refractivity contribution in [2.45, 2.75) is 43.6 Å². The number of aromatic nitrogens is 2. The Morgan fingerprint density at radius 3 is 2.94 bits per heavy atom. The van der Waals surface area contributed by atoms with Gasteiger partial charge < -0.3 is 9.30 Å². The number of nitrogens with zero attached hydrogens (tertiary/aromatic N) is 2. The number of carbonyl (C=O) groups excluding carboxylic acids is 1. The fraction of sp³-hybridized carbons (Fsp3) is 0.636. The van der Waals surface area contributed by atoms with Gasteiger partial charge in [0.1, 0.15) is 5.25 Å². The van der Waals surface area contributed by atoms with Crippen LogP contribution in [0.1, 0.15) is 26.7 Å². The summed E-state index contributed by atoms with van der Waals surface area (Å²) in [6, 6.07) is 0. The lowest BCUT2D eigenvalue weighted by Gasteiger charge is -2.12. The van der Waals surface area contributed by atoms with Crippen molar-refractivity contribution in [3.05, 3.63) is 12.4 Å². The minimum atomic E-state index is -0.182.